The Morgan fingerprint density at radius 1 is 1.18 bits per heavy atom. The molecule has 0 spiro atoms. The number of nitro groups is 1. The molecule has 0 fully saturated rings. The minimum Gasteiger partial charge on any atom is -0.495 e. The van der Waals surface area contributed by atoms with E-state index in [2.05, 4.69) is 5.32 Å². The number of hydrogen-bond acceptors (Lipinski definition) is 6. The van der Waals surface area contributed by atoms with Gasteiger partial charge in [-0.3, -0.25) is 14.9 Å². The summed E-state index contributed by atoms with van der Waals surface area (Å²) in [5.41, 5.74) is 2.26. The van der Waals surface area contributed by atoms with Crippen LogP contribution < -0.4 is 14.8 Å². The number of nitrogens with zero attached hydrogens (tertiary/aromatic N) is 1. The van der Waals surface area contributed by atoms with E-state index >= 15 is 0 Å². The Morgan fingerprint density at radius 3 is 2.71 bits per heavy atom. The molecule has 0 aliphatic rings. The number of rotatable bonds is 7. The first-order valence-electron chi connectivity index (χ1n) is 8.37. The van der Waals surface area contributed by atoms with Gasteiger partial charge in [0.1, 0.15) is 12.4 Å². The molecule has 28 heavy (non-hydrogen) atoms. The van der Waals surface area contributed by atoms with Crippen molar-refractivity contribution in [1.29, 1.82) is 0 Å². The molecule has 144 valence electrons. The molecule has 3 aromatic rings. The fourth-order valence-corrected chi connectivity index (χ4v) is 3.36. The summed E-state index contributed by atoms with van der Waals surface area (Å²) >= 11 is 1.27. The van der Waals surface area contributed by atoms with Gasteiger partial charge in [0.2, 0.25) is 0 Å². The zero-order chi connectivity index (χ0) is 20.1. The van der Waals surface area contributed by atoms with Crippen molar-refractivity contribution in [3.8, 4) is 11.5 Å². The van der Waals surface area contributed by atoms with Gasteiger partial charge in [-0.2, -0.15) is 0 Å². The van der Waals surface area contributed by atoms with Gasteiger partial charge in [0.05, 0.1) is 22.6 Å². The van der Waals surface area contributed by atoms with Gasteiger partial charge >= 0.3 is 5.69 Å². The van der Waals surface area contributed by atoms with Gasteiger partial charge in [-0.05, 0) is 42.1 Å². The fraction of sp³-hybridized carbons (Fsp3) is 0.150. The molecule has 1 aromatic heterocycles. The maximum absolute atomic E-state index is 12.5. The Hall–Kier alpha value is -3.39. The third-order valence-electron chi connectivity index (χ3n) is 3.94. The summed E-state index contributed by atoms with van der Waals surface area (Å²) in [6.07, 6.45) is 0. The molecule has 0 bridgehead atoms. The number of methoxy groups -OCH3 is 1. The lowest BCUT2D eigenvalue weighted by Crippen LogP contribution is -2.11. The van der Waals surface area contributed by atoms with Gasteiger partial charge in [0.15, 0.2) is 5.75 Å². The Balaban J connectivity index is 1.68. The van der Waals surface area contributed by atoms with E-state index < -0.39 is 4.92 Å². The van der Waals surface area contributed by atoms with E-state index in [9.17, 15) is 14.9 Å². The van der Waals surface area contributed by atoms with E-state index in [-0.39, 0.29) is 24.0 Å². The van der Waals surface area contributed by atoms with Crippen LogP contribution in [0, 0.1) is 17.0 Å². The van der Waals surface area contributed by atoms with Crippen molar-refractivity contribution >= 4 is 28.6 Å². The van der Waals surface area contributed by atoms with Crippen LogP contribution in [0.25, 0.3) is 0 Å². The third-order valence-corrected chi connectivity index (χ3v) is 4.91. The summed E-state index contributed by atoms with van der Waals surface area (Å²) in [5, 5.41) is 15.7. The van der Waals surface area contributed by atoms with Gasteiger partial charge in [0.25, 0.3) is 5.91 Å². The molecular weight excluding hydrogens is 380 g/mol. The van der Waals surface area contributed by atoms with Gasteiger partial charge in [-0.15, -0.1) is 11.3 Å². The van der Waals surface area contributed by atoms with Crippen LogP contribution >= 0.6 is 11.3 Å². The summed E-state index contributed by atoms with van der Waals surface area (Å²) < 4.78 is 10.8. The van der Waals surface area contributed by atoms with Crippen molar-refractivity contribution in [3.05, 3.63) is 80.0 Å². The number of benzene rings is 2. The Kier molecular flexibility index (Phi) is 5.90. The number of nitrogens with one attached hydrogen (secondary N) is 1. The summed E-state index contributed by atoms with van der Waals surface area (Å²) in [5.74, 6) is 0.510. The summed E-state index contributed by atoms with van der Waals surface area (Å²) in [6.45, 7) is 2.06. The highest BCUT2D eigenvalue weighted by atomic mass is 32.1. The van der Waals surface area contributed by atoms with Crippen molar-refractivity contribution in [2.45, 2.75) is 13.5 Å². The van der Waals surface area contributed by atoms with Crippen molar-refractivity contribution < 1.29 is 19.2 Å². The number of ether oxygens (including phenoxy) is 2. The SMILES string of the molecule is COc1ccc(C)cc1NC(=O)c1cc(COc2ccccc2[N+](=O)[O-])cs1. The summed E-state index contributed by atoms with van der Waals surface area (Å²) in [6, 6.07) is 13.4. The zero-order valence-corrected chi connectivity index (χ0v) is 16.1. The maximum Gasteiger partial charge on any atom is 0.310 e. The van der Waals surface area contributed by atoms with Gasteiger partial charge < -0.3 is 14.8 Å². The number of carbonyl (C=O) groups excluding carboxylic acids is 1. The fourth-order valence-electron chi connectivity index (χ4n) is 2.56. The monoisotopic (exact) mass is 398 g/mol. The second-order valence-electron chi connectivity index (χ2n) is 5.99. The van der Waals surface area contributed by atoms with Crippen LogP contribution in [-0.2, 0) is 6.61 Å². The first-order chi connectivity index (χ1) is 13.5. The number of aryl methyl sites for hydroxylation is 1. The second kappa shape index (κ2) is 8.53. The molecular formula is C20H18N2O5S. The zero-order valence-electron chi connectivity index (χ0n) is 15.3. The number of amides is 1. The predicted octanol–water partition coefficient (Wildman–Crippen LogP) is 4.80. The summed E-state index contributed by atoms with van der Waals surface area (Å²) in [4.78, 5) is 23.6. The number of nitro benzene ring substituents is 1. The van der Waals surface area contributed by atoms with Crippen LogP contribution in [0.15, 0.2) is 53.9 Å². The second-order valence-corrected chi connectivity index (χ2v) is 6.90. The van der Waals surface area contributed by atoms with Crippen molar-refractivity contribution in [2.24, 2.45) is 0 Å². The topological polar surface area (TPSA) is 90.7 Å². The highest BCUT2D eigenvalue weighted by Gasteiger charge is 2.15. The Bertz CT molecular complexity index is 1020. The van der Waals surface area contributed by atoms with Gasteiger partial charge in [-0.25, -0.2) is 0 Å². The van der Waals surface area contributed by atoms with Crippen LogP contribution in [0.1, 0.15) is 20.8 Å². The van der Waals surface area contributed by atoms with Crippen LogP contribution in [0.4, 0.5) is 11.4 Å². The average molecular weight is 398 g/mol. The minimum absolute atomic E-state index is 0.0951. The lowest BCUT2D eigenvalue weighted by atomic mass is 10.2. The van der Waals surface area contributed by atoms with Crippen molar-refractivity contribution in [1.82, 2.24) is 0 Å². The highest BCUT2D eigenvalue weighted by molar-refractivity contribution is 7.12. The van der Waals surface area contributed by atoms with Crippen LogP contribution in [0.2, 0.25) is 0 Å². The number of anilines is 1. The number of carbonyl (C=O) groups is 1. The number of hydrogen-bond donors (Lipinski definition) is 1. The van der Waals surface area contributed by atoms with Crippen molar-refractivity contribution in [3.63, 3.8) is 0 Å². The smallest absolute Gasteiger partial charge is 0.310 e. The average Bonchev–Trinajstić information content (AvgIpc) is 3.16. The molecule has 3 rings (SSSR count). The lowest BCUT2D eigenvalue weighted by Gasteiger charge is -2.10. The van der Waals surface area contributed by atoms with E-state index in [0.717, 1.165) is 11.1 Å². The van der Waals surface area contributed by atoms with E-state index in [1.165, 1.54) is 17.4 Å². The van der Waals surface area contributed by atoms with Gasteiger partial charge in [-0.1, -0.05) is 18.2 Å². The number of thiophene rings is 1. The third kappa shape index (κ3) is 4.47. The normalized spacial score (nSPS) is 10.4. The lowest BCUT2D eigenvalue weighted by molar-refractivity contribution is -0.385. The number of para-hydroxylation sites is 2. The molecule has 0 aliphatic heterocycles. The van der Waals surface area contributed by atoms with E-state index in [1.807, 2.05) is 19.1 Å². The highest BCUT2D eigenvalue weighted by Crippen LogP contribution is 2.28. The molecule has 7 nitrogen and oxygen atoms in total. The quantitative estimate of drug-likeness (QED) is 0.456. The summed E-state index contributed by atoms with van der Waals surface area (Å²) in [7, 11) is 1.55. The Morgan fingerprint density at radius 2 is 1.96 bits per heavy atom. The maximum atomic E-state index is 12.5. The Labute approximate surface area is 165 Å². The molecule has 0 saturated carbocycles. The largest absolute Gasteiger partial charge is 0.495 e. The molecule has 1 heterocycles. The van der Waals surface area contributed by atoms with E-state index in [0.29, 0.717) is 16.3 Å². The molecule has 1 amide bonds. The van der Waals surface area contributed by atoms with Gasteiger partial charge in [0, 0.05) is 11.6 Å². The molecule has 0 radical (unpaired) electrons. The molecule has 0 unspecified atom stereocenters. The molecule has 0 aliphatic carbocycles. The van der Waals surface area contributed by atoms with E-state index in [1.54, 1.807) is 42.8 Å². The van der Waals surface area contributed by atoms with Crippen LogP contribution in [0.3, 0.4) is 0 Å². The van der Waals surface area contributed by atoms with E-state index in [4.69, 9.17) is 9.47 Å². The molecule has 0 saturated heterocycles. The van der Waals surface area contributed by atoms with Crippen molar-refractivity contribution in [2.75, 3.05) is 12.4 Å². The first-order valence-corrected chi connectivity index (χ1v) is 9.25. The standard InChI is InChI=1S/C20H18N2O5S/c1-13-7-8-17(26-2)15(9-13)21-20(23)19-10-14(12-28-19)11-27-18-6-4-3-5-16(18)22(24)25/h3-10,12H,11H2,1-2H3,(H,21,23). The molecule has 1 N–H and O–H groups in total. The van der Waals surface area contributed by atoms with Crippen LogP contribution in [-0.4, -0.2) is 17.9 Å². The predicted molar refractivity (Wildman–Crippen MR) is 107 cm³/mol. The minimum atomic E-state index is -0.489. The molecule has 8 heteroatoms. The molecule has 2 aromatic carbocycles. The first kappa shape index (κ1) is 19.4. The van der Waals surface area contributed by atoms with Crippen LogP contribution in [0.5, 0.6) is 11.5 Å². The molecule has 0 atom stereocenters.